The van der Waals surface area contributed by atoms with Crippen LogP contribution in [0, 0.1) is 0 Å². The van der Waals surface area contributed by atoms with E-state index in [9.17, 15) is 19.2 Å². The smallest absolute Gasteiger partial charge is 0.338 e. The standard InChI is InChI=1S/C23H25ClN2O6/c1-2-14-31-23(30)16-10-12-17(13-11-16)25-21(28)15-32-22(29)9-5-8-20(27)26-19-7-4-3-6-18(19)24/h3-4,6-7,10-13H,2,5,8-9,14-15H2,1H3,(H,25,28)(H,26,27). The number of hydrogen-bond donors (Lipinski definition) is 2. The molecule has 32 heavy (non-hydrogen) atoms. The fourth-order valence-electron chi connectivity index (χ4n) is 2.55. The van der Waals surface area contributed by atoms with Gasteiger partial charge in [0.05, 0.1) is 22.9 Å². The predicted molar refractivity (Wildman–Crippen MR) is 121 cm³/mol. The van der Waals surface area contributed by atoms with Crippen LogP contribution < -0.4 is 10.6 Å². The van der Waals surface area contributed by atoms with Gasteiger partial charge in [0.15, 0.2) is 6.61 Å². The number of esters is 2. The van der Waals surface area contributed by atoms with E-state index in [4.69, 9.17) is 21.1 Å². The first-order valence-electron chi connectivity index (χ1n) is 10.2. The molecule has 0 unspecified atom stereocenters. The molecule has 170 valence electrons. The maximum Gasteiger partial charge on any atom is 0.338 e. The Balaban J connectivity index is 1.65. The minimum absolute atomic E-state index is 0.00219. The number of para-hydroxylation sites is 1. The van der Waals surface area contributed by atoms with Gasteiger partial charge in [-0.15, -0.1) is 0 Å². The summed E-state index contributed by atoms with van der Waals surface area (Å²) in [5.74, 6) is -1.80. The Bertz CT molecular complexity index is 946. The molecule has 2 aromatic rings. The summed E-state index contributed by atoms with van der Waals surface area (Å²) in [6.07, 6.45) is 1.11. The van der Waals surface area contributed by atoms with Crippen molar-refractivity contribution in [2.45, 2.75) is 32.6 Å². The Morgan fingerprint density at radius 2 is 1.59 bits per heavy atom. The largest absolute Gasteiger partial charge is 0.462 e. The van der Waals surface area contributed by atoms with Gasteiger partial charge in [0.2, 0.25) is 5.91 Å². The maximum atomic E-state index is 11.9. The summed E-state index contributed by atoms with van der Waals surface area (Å²) in [6.45, 7) is 1.79. The van der Waals surface area contributed by atoms with Gasteiger partial charge in [0.25, 0.3) is 5.91 Å². The molecule has 0 aromatic heterocycles. The molecule has 2 rings (SSSR count). The van der Waals surface area contributed by atoms with Crippen LogP contribution >= 0.6 is 11.6 Å². The molecule has 0 saturated heterocycles. The molecule has 0 aliphatic heterocycles. The highest BCUT2D eigenvalue weighted by molar-refractivity contribution is 6.33. The van der Waals surface area contributed by atoms with Crippen molar-refractivity contribution in [2.24, 2.45) is 0 Å². The molecule has 0 fully saturated rings. The molecule has 0 heterocycles. The highest BCUT2D eigenvalue weighted by Gasteiger charge is 2.11. The summed E-state index contributed by atoms with van der Waals surface area (Å²) in [7, 11) is 0. The summed E-state index contributed by atoms with van der Waals surface area (Å²) in [4.78, 5) is 47.4. The van der Waals surface area contributed by atoms with Crippen LogP contribution in [0.25, 0.3) is 0 Å². The van der Waals surface area contributed by atoms with Crippen LogP contribution in [-0.4, -0.2) is 37.0 Å². The van der Waals surface area contributed by atoms with Gasteiger partial charge in [-0.3, -0.25) is 14.4 Å². The maximum absolute atomic E-state index is 11.9. The molecular formula is C23H25ClN2O6. The number of anilines is 2. The number of ether oxygens (including phenoxy) is 2. The predicted octanol–water partition coefficient (Wildman–Crippen LogP) is 4.20. The molecular weight excluding hydrogens is 436 g/mol. The first kappa shape index (κ1) is 24.9. The average Bonchev–Trinajstić information content (AvgIpc) is 2.78. The third kappa shape index (κ3) is 8.77. The molecule has 0 aliphatic carbocycles. The minimum Gasteiger partial charge on any atom is -0.462 e. The third-order valence-electron chi connectivity index (χ3n) is 4.14. The fraction of sp³-hybridized carbons (Fsp3) is 0.304. The topological polar surface area (TPSA) is 111 Å². The molecule has 0 saturated carbocycles. The highest BCUT2D eigenvalue weighted by atomic mass is 35.5. The fourth-order valence-corrected chi connectivity index (χ4v) is 2.73. The van der Waals surface area contributed by atoms with Crippen molar-refractivity contribution >= 4 is 46.7 Å². The second-order valence-electron chi connectivity index (χ2n) is 6.80. The van der Waals surface area contributed by atoms with Crippen LogP contribution in [0.4, 0.5) is 11.4 Å². The monoisotopic (exact) mass is 460 g/mol. The first-order chi connectivity index (χ1) is 15.4. The van der Waals surface area contributed by atoms with Crippen molar-refractivity contribution < 1.29 is 28.7 Å². The molecule has 0 spiro atoms. The average molecular weight is 461 g/mol. The highest BCUT2D eigenvalue weighted by Crippen LogP contribution is 2.20. The first-order valence-corrected chi connectivity index (χ1v) is 10.5. The van der Waals surface area contributed by atoms with Gasteiger partial charge < -0.3 is 20.1 Å². The number of carbonyl (C=O) groups excluding carboxylic acids is 4. The summed E-state index contributed by atoms with van der Waals surface area (Å²) in [6, 6.07) is 13.0. The Morgan fingerprint density at radius 1 is 0.875 bits per heavy atom. The van der Waals surface area contributed by atoms with Crippen LogP contribution in [0.3, 0.4) is 0 Å². The van der Waals surface area contributed by atoms with E-state index in [1.165, 1.54) is 12.1 Å². The summed E-state index contributed by atoms with van der Waals surface area (Å²) in [5.41, 5.74) is 1.33. The number of rotatable bonds is 11. The van der Waals surface area contributed by atoms with E-state index in [1.54, 1.807) is 36.4 Å². The molecule has 8 nitrogen and oxygen atoms in total. The van der Waals surface area contributed by atoms with Crippen molar-refractivity contribution in [3.63, 3.8) is 0 Å². The molecule has 0 radical (unpaired) electrons. The lowest BCUT2D eigenvalue weighted by Crippen LogP contribution is -2.21. The van der Waals surface area contributed by atoms with E-state index in [0.29, 0.717) is 28.6 Å². The van der Waals surface area contributed by atoms with Gasteiger partial charge >= 0.3 is 11.9 Å². The van der Waals surface area contributed by atoms with Crippen LogP contribution in [0.15, 0.2) is 48.5 Å². The lowest BCUT2D eigenvalue weighted by molar-refractivity contribution is -0.147. The SMILES string of the molecule is CCCOC(=O)c1ccc(NC(=O)COC(=O)CCCC(=O)Nc2ccccc2Cl)cc1. The van der Waals surface area contributed by atoms with E-state index in [2.05, 4.69) is 10.6 Å². The molecule has 9 heteroatoms. The van der Waals surface area contributed by atoms with Gasteiger partial charge in [-0.2, -0.15) is 0 Å². The zero-order valence-corrected chi connectivity index (χ0v) is 18.4. The second kappa shape index (κ2) is 13.1. The number of amides is 2. The van der Waals surface area contributed by atoms with Crippen LogP contribution in [0.2, 0.25) is 5.02 Å². The van der Waals surface area contributed by atoms with E-state index < -0.39 is 24.5 Å². The number of halogens is 1. The van der Waals surface area contributed by atoms with Crippen LogP contribution in [-0.2, 0) is 23.9 Å². The van der Waals surface area contributed by atoms with E-state index >= 15 is 0 Å². The van der Waals surface area contributed by atoms with Gasteiger partial charge in [-0.05, 0) is 49.2 Å². The van der Waals surface area contributed by atoms with Gasteiger partial charge in [-0.1, -0.05) is 30.7 Å². The summed E-state index contributed by atoms with van der Waals surface area (Å²) >= 11 is 5.97. The lowest BCUT2D eigenvalue weighted by Gasteiger charge is -2.08. The van der Waals surface area contributed by atoms with Crippen LogP contribution in [0.5, 0.6) is 0 Å². The van der Waals surface area contributed by atoms with Crippen molar-refractivity contribution in [1.29, 1.82) is 0 Å². The second-order valence-corrected chi connectivity index (χ2v) is 7.21. The number of carbonyl (C=O) groups is 4. The van der Waals surface area contributed by atoms with E-state index in [-0.39, 0.29) is 25.2 Å². The molecule has 2 N–H and O–H groups in total. The molecule has 0 bridgehead atoms. The van der Waals surface area contributed by atoms with Crippen molar-refractivity contribution in [3.05, 3.63) is 59.1 Å². The summed E-state index contributed by atoms with van der Waals surface area (Å²) < 4.78 is 9.95. The van der Waals surface area contributed by atoms with Gasteiger partial charge in [0.1, 0.15) is 0 Å². The van der Waals surface area contributed by atoms with Crippen molar-refractivity contribution in [3.8, 4) is 0 Å². The Morgan fingerprint density at radius 3 is 2.28 bits per heavy atom. The zero-order chi connectivity index (χ0) is 23.3. The molecule has 0 aliphatic rings. The quantitative estimate of drug-likeness (QED) is 0.486. The Hall–Kier alpha value is -3.39. The van der Waals surface area contributed by atoms with Gasteiger partial charge in [0, 0.05) is 18.5 Å². The van der Waals surface area contributed by atoms with Crippen LogP contribution in [0.1, 0.15) is 43.0 Å². The molecule has 0 atom stereocenters. The normalized spacial score (nSPS) is 10.2. The minimum atomic E-state index is -0.584. The van der Waals surface area contributed by atoms with E-state index in [1.807, 2.05) is 6.92 Å². The number of hydrogen-bond acceptors (Lipinski definition) is 6. The number of nitrogens with one attached hydrogen (secondary N) is 2. The van der Waals surface area contributed by atoms with E-state index in [0.717, 1.165) is 6.42 Å². The third-order valence-corrected chi connectivity index (χ3v) is 4.47. The Labute approximate surface area is 191 Å². The number of benzene rings is 2. The Kier molecular flexibility index (Phi) is 10.2. The lowest BCUT2D eigenvalue weighted by atomic mass is 10.2. The summed E-state index contributed by atoms with van der Waals surface area (Å²) in [5, 5.41) is 5.66. The van der Waals surface area contributed by atoms with Crippen molar-refractivity contribution in [2.75, 3.05) is 23.8 Å². The zero-order valence-electron chi connectivity index (χ0n) is 17.7. The van der Waals surface area contributed by atoms with Gasteiger partial charge in [-0.25, -0.2) is 4.79 Å². The molecule has 2 aromatic carbocycles. The van der Waals surface area contributed by atoms with Crippen molar-refractivity contribution in [1.82, 2.24) is 0 Å². The molecule has 2 amide bonds.